The van der Waals surface area contributed by atoms with Crippen LogP contribution in [-0.4, -0.2) is 52.1 Å². The Balaban J connectivity index is 1.57. The summed E-state index contributed by atoms with van der Waals surface area (Å²) < 4.78 is 5.85. The molecule has 37 heavy (non-hydrogen) atoms. The topological polar surface area (TPSA) is 70.1 Å². The number of hydrogen-bond acceptors (Lipinski definition) is 3. The SMILES string of the molecule is CCCc1cc(CCCC2CN(Cc3ccc(C(C)(C)C)cc3)C(=O)N2C)ccc1OC(C)(C)C(=O)O. The molecule has 2 amide bonds. The number of carboxylic acid groups (broad SMARTS) is 1. The van der Waals surface area contributed by atoms with Gasteiger partial charge in [0, 0.05) is 20.1 Å². The van der Waals surface area contributed by atoms with Crippen LogP contribution in [0.5, 0.6) is 5.75 Å². The number of likely N-dealkylation sites (N-methyl/N-ethyl adjacent to an activating group) is 1. The van der Waals surface area contributed by atoms with Gasteiger partial charge in [-0.3, -0.25) is 0 Å². The number of benzene rings is 2. The summed E-state index contributed by atoms with van der Waals surface area (Å²) in [7, 11) is 1.91. The molecule has 1 fully saturated rings. The van der Waals surface area contributed by atoms with Crippen molar-refractivity contribution in [3.8, 4) is 5.75 Å². The van der Waals surface area contributed by atoms with Gasteiger partial charge in [-0.2, -0.15) is 0 Å². The van der Waals surface area contributed by atoms with Crippen LogP contribution in [0.25, 0.3) is 0 Å². The molecule has 1 N–H and O–H groups in total. The number of aryl methyl sites for hydroxylation is 2. The summed E-state index contributed by atoms with van der Waals surface area (Å²) in [6.07, 6.45) is 4.62. The Morgan fingerprint density at radius 1 is 1.03 bits per heavy atom. The van der Waals surface area contributed by atoms with Gasteiger partial charge in [-0.25, -0.2) is 9.59 Å². The van der Waals surface area contributed by atoms with Gasteiger partial charge in [-0.05, 0) is 73.3 Å². The highest BCUT2D eigenvalue weighted by atomic mass is 16.5. The van der Waals surface area contributed by atoms with Gasteiger partial charge < -0.3 is 19.6 Å². The van der Waals surface area contributed by atoms with Crippen molar-refractivity contribution in [1.29, 1.82) is 0 Å². The largest absolute Gasteiger partial charge is 0.478 e. The molecule has 0 spiro atoms. The number of carbonyl (C=O) groups is 2. The van der Waals surface area contributed by atoms with Gasteiger partial charge in [-0.15, -0.1) is 0 Å². The Labute approximate surface area is 222 Å². The van der Waals surface area contributed by atoms with E-state index in [1.54, 1.807) is 13.8 Å². The van der Waals surface area contributed by atoms with Gasteiger partial charge in [0.25, 0.3) is 0 Å². The summed E-state index contributed by atoms with van der Waals surface area (Å²) >= 11 is 0. The number of carbonyl (C=O) groups excluding carboxylic acids is 1. The standard InChI is InChI=1S/C31H44N2O4/c1-8-10-24-19-22(15-18-27(24)37-31(5,6)28(34)35)11-9-12-26-21-33(29(36)32(26)7)20-23-13-16-25(17-14-23)30(2,3)4/h13-19,26H,8-12,20-21H2,1-7H3,(H,34,35). The van der Waals surface area contributed by atoms with E-state index in [9.17, 15) is 14.7 Å². The smallest absolute Gasteiger partial charge is 0.347 e. The second-order valence-corrected chi connectivity index (χ2v) is 11.9. The normalized spacial score (nSPS) is 16.4. The molecule has 1 atom stereocenters. The van der Waals surface area contributed by atoms with Gasteiger partial charge in [0.1, 0.15) is 5.75 Å². The van der Waals surface area contributed by atoms with Crippen molar-refractivity contribution in [2.75, 3.05) is 13.6 Å². The van der Waals surface area contributed by atoms with Gasteiger partial charge in [0.15, 0.2) is 5.60 Å². The van der Waals surface area contributed by atoms with Crippen LogP contribution < -0.4 is 4.74 Å². The van der Waals surface area contributed by atoms with E-state index in [4.69, 9.17) is 4.74 Å². The van der Waals surface area contributed by atoms with Crippen molar-refractivity contribution in [2.45, 2.75) is 97.2 Å². The summed E-state index contributed by atoms with van der Waals surface area (Å²) in [5.41, 5.74) is 3.56. The molecule has 2 aromatic carbocycles. The molecule has 0 bridgehead atoms. The lowest BCUT2D eigenvalue weighted by molar-refractivity contribution is -0.152. The highest BCUT2D eigenvalue weighted by Gasteiger charge is 2.34. The zero-order valence-corrected chi connectivity index (χ0v) is 23.6. The van der Waals surface area contributed by atoms with Crippen molar-refractivity contribution in [3.63, 3.8) is 0 Å². The van der Waals surface area contributed by atoms with E-state index in [0.717, 1.165) is 49.8 Å². The van der Waals surface area contributed by atoms with Gasteiger partial charge >= 0.3 is 12.0 Å². The maximum Gasteiger partial charge on any atom is 0.347 e. The highest BCUT2D eigenvalue weighted by Crippen LogP contribution is 2.28. The van der Waals surface area contributed by atoms with Crippen LogP contribution in [0.2, 0.25) is 0 Å². The van der Waals surface area contributed by atoms with Crippen LogP contribution in [0, 0.1) is 0 Å². The van der Waals surface area contributed by atoms with E-state index in [-0.39, 0.29) is 17.5 Å². The van der Waals surface area contributed by atoms with Crippen LogP contribution in [0.1, 0.15) is 83.1 Å². The Morgan fingerprint density at radius 2 is 1.68 bits per heavy atom. The molecule has 0 aromatic heterocycles. The molecule has 6 nitrogen and oxygen atoms in total. The minimum atomic E-state index is -1.27. The molecule has 1 saturated heterocycles. The molecular formula is C31H44N2O4. The van der Waals surface area contributed by atoms with E-state index in [1.807, 2.05) is 29.0 Å². The van der Waals surface area contributed by atoms with Crippen LogP contribution in [0.3, 0.4) is 0 Å². The molecule has 6 heteroatoms. The van der Waals surface area contributed by atoms with Crippen molar-refractivity contribution < 1.29 is 19.4 Å². The van der Waals surface area contributed by atoms with E-state index < -0.39 is 11.6 Å². The maximum atomic E-state index is 12.9. The molecule has 3 rings (SSSR count). The van der Waals surface area contributed by atoms with Gasteiger partial charge in [-0.1, -0.05) is 70.5 Å². The third-order valence-electron chi connectivity index (χ3n) is 7.27. The molecule has 1 unspecified atom stereocenters. The van der Waals surface area contributed by atoms with Crippen LogP contribution in [-0.2, 0) is 29.6 Å². The zero-order chi connectivity index (χ0) is 27.4. The average Bonchev–Trinajstić information content (AvgIpc) is 3.08. The number of carboxylic acids is 1. The predicted octanol–water partition coefficient (Wildman–Crippen LogP) is 6.44. The first-order valence-electron chi connectivity index (χ1n) is 13.5. The number of ether oxygens (including phenoxy) is 1. The fourth-order valence-corrected chi connectivity index (χ4v) is 4.79. The fraction of sp³-hybridized carbons (Fsp3) is 0.548. The first kappa shape index (κ1) is 28.5. The Hall–Kier alpha value is -3.02. The molecular weight excluding hydrogens is 464 g/mol. The molecule has 2 aromatic rings. The second-order valence-electron chi connectivity index (χ2n) is 11.9. The quantitative estimate of drug-likeness (QED) is 0.379. The van der Waals surface area contributed by atoms with Crippen molar-refractivity contribution in [3.05, 3.63) is 64.7 Å². The summed E-state index contributed by atoms with van der Waals surface area (Å²) in [4.78, 5) is 28.2. The first-order valence-corrected chi connectivity index (χ1v) is 13.5. The van der Waals surface area contributed by atoms with Gasteiger partial charge in [0.05, 0.1) is 6.04 Å². The summed E-state index contributed by atoms with van der Waals surface area (Å²) in [5, 5.41) is 9.42. The number of rotatable bonds is 11. The van der Waals surface area contributed by atoms with Crippen molar-refractivity contribution in [2.24, 2.45) is 0 Å². The van der Waals surface area contributed by atoms with Crippen LogP contribution in [0.15, 0.2) is 42.5 Å². The Bertz CT molecular complexity index is 1090. The number of urea groups is 1. The number of nitrogens with zero attached hydrogens (tertiary/aromatic N) is 2. The summed E-state index contributed by atoms with van der Waals surface area (Å²) in [6, 6.07) is 15.0. The van der Waals surface area contributed by atoms with E-state index in [0.29, 0.717) is 12.3 Å². The molecule has 0 saturated carbocycles. The molecule has 202 valence electrons. The summed E-state index contributed by atoms with van der Waals surface area (Å²) in [5.74, 6) is -0.337. The van der Waals surface area contributed by atoms with Crippen molar-refractivity contribution in [1.82, 2.24) is 9.80 Å². The molecule has 0 radical (unpaired) electrons. The maximum absolute atomic E-state index is 12.9. The summed E-state index contributed by atoms with van der Waals surface area (Å²) in [6.45, 7) is 13.3. The molecule has 1 heterocycles. The zero-order valence-electron chi connectivity index (χ0n) is 23.6. The third-order valence-corrected chi connectivity index (χ3v) is 7.27. The van der Waals surface area contributed by atoms with Gasteiger partial charge in [0.2, 0.25) is 0 Å². The second kappa shape index (κ2) is 11.6. The number of hydrogen-bond donors (Lipinski definition) is 1. The fourth-order valence-electron chi connectivity index (χ4n) is 4.79. The lowest BCUT2D eigenvalue weighted by atomic mass is 9.87. The van der Waals surface area contributed by atoms with Crippen molar-refractivity contribution >= 4 is 12.0 Å². The lowest BCUT2D eigenvalue weighted by Crippen LogP contribution is -2.38. The predicted molar refractivity (Wildman–Crippen MR) is 148 cm³/mol. The Morgan fingerprint density at radius 3 is 2.27 bits per heavy atom. The minimum Gasteiger partial charge on any atom is -0.478 e. The van der Waals surface area contributed by atoms with E-state index in [2.05, 4.69) is 58.0 Å². The number of aliphatic carboxylic acids is 1. The van der Waals surface area contributed by atoms with Crippen LogP contribution in [0.4, 0.5) is 4.79 Å². The Kier molecular flexibility index (Phi) is 8.93. The molecule has 1 aliphatic rings. The molecule has 1 aliphatic heterocycles. The average molecular weight is 509 g/mol. The number of amides is 2. The van der Waals surface area contributed by atoms with E-state index >= 15 is 0 Å². The minimum absolute atomic E-state index is 0.0951. The monoisotopic (exact) mass is 508 g/mol. The lowest BCUT2D eigenvalue weighted by Gasteiger charge is -2.24. The first-order chi connectivity index (χ1) is 17.3. The van der Waals surface area contributed by atoms with E-state index in [1.165, 1.54) is 11.1 Å². The van der Waals surface area contributed by atoms with Crippen LogP contribution >= 0.6 is 0 Å². The third kappa shape index (κ3) is 7.27. The highest BCUT2D eigenvalue weighted by molar-refractivity contribution is 5.77. The molecule has 0 aliphatic carbocycles.